The fraction of sp³-hybridized carbons (Fsp3) is 0.615. The highest BCUT2D eigenvalue weighted by atomic mass is 32.2. The van der Waals surface area contributed by atoms with Gasteiger partial charge in [0.15, 0.2) is 0 Å². The van der Waals surface area contributed by atoms with Gasteiger partial charge in [0.2, 0.25) is 4.90 Å². The van der Waals surface area contributed by atoms with Gasteiger partial charge >= 0.3 is 17.6 Å². The van der Waals surface area contributed by atoms with Gasteiger partial charge in [-0.2, -0.15) is 0 Å². The van der Waals surface area contributed by atoms with Crippen LogP contribution in [0.15, 0.2) is 37.9 Å². The molecule has 0 fully saturated rings. The van der Waals surface area contributed by atoms with Gasteiger partial charge in [-0.1, -0.05) is 93.6 Å². The number of thioether (sulfide) groups is 4. The quantitative estimate of drug-likeness (QED) is 0.186. The molecule has 0 aromatic carbocycles. The minimum absolute atomic E-state index is 0.129. The first-order valence-electron chi connectivity index (χ1n) is 13.8. The van der Waals surface area contributed by atoms with Gasteiger partial charge in [-0.15, -0.1) is 4.98 Å². The summed E-state index contributed by atoms with van der Waals surface area (Å²) in [6, 6.07) is -0.244. The van der Waals surface area contributed by atoms with E-state index in [1.807, 2.05) is 0 Å². The lowest BCUT2D eigenvalue weighted by Gasteiger charge is -2.39. The summed E-state index contributed by atoms with van der Waals surface area (Å²) in [5.41, 5.74) is -0.957. The fourth-order valence-electron chi connectivity index (χ4n) is 4.48. The van der Waals surface area contributed by atoms with Gasteiger partial charge in [0.1, 0.15) is 9.92 Å². The zero-order valence-corrected chi connectivity index (χ0v) is 26.5. The molecular formula is C26H42N5O4S4+3. The van der Waals surface area contributed by atoms with E-state index in [0.717, 1.165) is 8.47 Å². The second kappa shape index (κ2) is 15.5. The first-order chi connectivity index (χ1) is 18.8. The lowest BCUT2D eigenvalue weighted by molar-refractivity contribution is -0.929. The Bertz CT molecular complexity index is 1230. The van der Waals surface area contributed by atoms with Crippen molar-refractivity contribution in [3.63, 3.8) is 0 Å². The number of fused-ring (bicyclic) bond motifs is 2. The van der Waals surface area contributed by atoms with Crippen LogP contribution < -0.4 is 21.2 Å². The van der Waals surface area contributed by atoms with Gasteiger partial charge in [-0.05, 0) is 37.4 Å². The molecule has 13 heteroatoms. The molecule has 9 nitrogen and oxygen atoms in total. The molecule has 39 heavy (non-hydrogen) atoms. The maximum atomic E-state index is 11.8. The van der Waals surface area contributed by atoms with Gasteiger partial charge < -0.3 is 19.7 Å². The van der Waals surface area contributed by atoms with Crippen LogP contribution in [0.25, 0.3) is 0 Å². The first-order valence-corrected chi connectivity index (χ1v) is 17.1. The van der Waals surface area contributed by atoms with Gasteiger partial charge in [0, 0.05) is 0 Å². The maximum Gasteiger partial charge on any atom is 0.629 e. The van der Waals surface area contributed by atoms with Crippen LogP contribution >= 0.6 is 47.0 Å². The van der Waals surface area contributed by atoms with E-state index in [1.54, 1.807) is 0 Å². The van der Waals surface area contributed by atoms with Gasteiger partial charge in [-0.3, -0.25) is 9.78 Å². The Morgan fingerprint density at radius 3 is 1.74 bits per heavy atom. The summed E-state index contributed by atoms with van der Waals surface area (Å²) in [5.74, 6) is -0.129. The third kappa shape index (κ3) is 8.72. The van der Waals surface area contributed by atoms with Crippen molar-refractivity contribution < 1.29 is 24.7 Å². The van der Waals surface area contributed by atoms with Crippen molar-refractivity contribution in [2.45, 2.75) is 98.9 Å². The molecule has 0 atom stereocenters. The Morgan fingerprint density at radius 1 is 0.692 bits per heavy atom. The largest absolute Gasteiger partial charge is 0.629 e. The molecule has 2 aromatic rings. The predicted molar refractivity (Wildman–Crippen MR) is 160 cm³/mol. The number of nitrogens with zero attached hydrogens (tertiary/aromatic N) is 1. The lowest BCUT2D eigenvalue weighted by Crippen LogP contribution is -2.50. The standard InChI is InChI=1S/C16H36N.C10H4N4O4S4/c1-5-9-13-17(14-10-6-2,15-11-7-3)16-12-8-4;15-3-1-5(13-9(17)11-3)21-7(19-1)8-20-2-4(16)12-10(18)14-6(2)22-8/h5-16H2,1-4H3;(H2,11,13,15,17)(H2,12,14,16,18)/q+1;/p+2/b;8-7+. The topological polar surface area (TPSA) is 134 Å². The SMILES string of the molecule is CCCC[N+](CCCC)(CCCC)CCCC.O=c1[nH]c2c(c(=O)[nH]1)S/C(=C1\Sc3[nH+]c(O)[nH+]c(O)c3S1)S2. The number of aromatic amines is 4. The molecule has 4 heterocycles. The maximum absolute atomic E-state index is 11.8. The van der Waals surface area contributed by atoms with E-state index in [9.17, 15) is 19.8 Å². The van der Waals surface area contributed by atoms with Crippen LogP contribution in [0, 0.1) is 0 Å². The van der Waals surface area contributed by atoms with Crippen LogP contribution in [0.5, 0.6) is 11.9 Å². The summed E-state index contributed by atoms with van der Waals surface area (Å²) in [6.45, 7) is 15.0. The van der Waals surface area contributed by atoms with Crippen molar-refractivity contribution in [3.8, 4) is 11.9 Å². The smallest absolute Gasteiger partial charge is 0.459 e. The highest BCUT2D eigenvalue weighted by Gasteiger charge is 2.38. The molecule has 4 rings (SSSR count). The summed E-state index contributed by atoms with van der Waals surface area (Å²) in [6.07, 6.45) is 11.1. The molecule has 216 valence electrons. The summed E-state index contributed by atoms with van der Waals surface area (Å²) < 4.78 is 3.11. The van der Waals surface area contributed by atoms with Crippen molar-refractivity contribution in [3.05, 3.63) is 29.3 Å². The Morgan fingerprint density at radius 2 is 1.21 bits per heavy atom. The third-order valence-corrected chi connectivity index (χ3v) is 12.2. The van der Waals surface area contributed by atoms with Crippen LogP contribution in [-0.2, 0) is 0 Å². The molecule has 0 unspecified atom stereocenters. The van der Waals surface area contributed by atoms with Crippen LogP contribution in [0.3, 0.4) is 0 Å². The van der Waals surface area contributed by atoms with E-state index in [0.29, 0.717) is 19.8 Å². The monoisotopic (exact) mass is 616 g/mol. The normalized spacial score (nSPS) is 16.1. The van der Waals surface area contributed by atoms with E-state index in [2.05, 4.69) is 47.6 Å². The van der Waals surface area contributed by atoms with E-state index in [4.69, 9.17) is 0 Å². The Hall–Kier alpha value is -1.54. The summed E-state index contributed by atoms with van der Waals surface area (Å²) >= 11 is 5.23. The summed E-state index contributed by atoms with van der Waals surface area (Å²) in [7, 11) is 0. The third-order valence-electron chi connectivity index (χ3n) is 6.65. The highest BCUT2D eigenvalue weighted by molar-refractivity contribution is 8.30. The zero-order chi connectivity index (χ0) is 28.4. The molecule has 0 amide bonds. The predicted octanol–water partition coefficient (Wildman–Crippen LogP) is 5.33. The molecule has 0 aliphatic carbocycles. The molecule has 6 N–H and O–H groups in total. The second-order valence-electron chi connectivity index (χ2n) is 9.81. The van der Waals surface area contributed by atoms with Crippen molar-refractivity contribution in [1.82, 2.24) is 9.97 Å². The lowest BCUT2D eigenvalue weighted by atomic mass is 10.1. The van der Waals surface area contributed by atoms with Crippen LogP contribution in [0.1, 0.15) is 79.1 Å². The van der Waals surface area contributed by atoms with Crippen molar-refractivity contribution in [2.75, 3.05) is 26.2 Å². The van der Waals surface area contributed by atoms with E-state index in [1.165, 1.54) is 129 Å². The highest BCUT2D eigenvalue weighted by Crippen LogP contribution is 2.60. The van der Waals surface area contributed by atoms with Gasteiger partial charge in [0.25, 0.3) is 10.6 Å². The number of nitrogens with one attached hydrogen (secondary N) is 4. The molecule has 0 saturated heterocycles. The van der Waals surface area contributed by atoms with Gasteiger partial charge in [-0.25, -0.2) is 4.79 Å². The van der Waals surface area contributed by atoms with Crippen molar-refractivity contribution in [2.24, 2.45) is 0 Å². The zero-order valence-electron chi connectivity index (χ0n) is 23.3. The number of aromatic hydroxyl groups is 2. The average Bonchev–Trinajstić information content (AvgIpc) is 3.53. The van der Waals surface area contributed by atoms with Gasteiger partial charge in [0.05, 0.1) is 34.7 Å². The van der Waals surface area contributed by atoms with E-state index in [-0.39, 0.29) is 11.9 Å². The van der Waals surface area contributed by atoms with E-state index >= 15 is 0 Å². The number of unbranched alkanes of at least 4 members (excludes halogenated alkanes) is 4. The molecule has 0 saturated carbocycles. The van der Waals surface area contributed by atoms with Crippen LogP contribution in [0.4, 0.5) is 0 Å². The fourth-order valence-corrected chi connectivity index (χ4v) is 9.63. The molecule has 0 bridgehead atoms. The molecule has 0 radical (unpaired) electrons. The number of aromatic nitrogens is 4. The summed E-state index contributed by atoms with van der Waals surface area (Å²) in [5, 5.41) is 20.4. The second-order valence-corrected chi connectivity index (χ2v) is 14.4. The Balaban J connectivity index is 0.000000225. The van der Waals surface area contributed by atoms with Crippen LogP contribution in [-0.4, -0.2) is 50.8 Å². The first kappa shape index (κ1) is 32.0. The van der Waals surface area contributed by atoms with Crippen molar-refractivity contribution >= 4 is 47.0 Å². The number of quaternary nitrogens is 1. The molecule has 2 aromatic heterocycles. The molecule has 0 spiro atoms. The Kier molecular flexibility index (Phi) is 12.7. The summed E-state index contributed by atoms with van der Waals surface area (Å²) in [4.78, 5) is 34.0. The number of H-pyrrole nitrogens is 4. The minimum Gasteiger partial charge on any atom is -0.459 e. The number of hydrogen-bond acceptors (Lipinski definition) is 8. The molecule has 2 aliphatic heterocycles. The molecular weight excluding hydrogens is 575 g/mol. The number of hydrogen-bond donors (Lipinski definition) is 4. The molecule has 2 aliphatic rings. The van der Waals surface area contributed by atoms with Crippen molar-refractivity contribution in [1.29, 1.82) is 0 Å². The van der Waals surface area contributed by atoms with Crippen LogP contribution in [0.2, 0.25) is 0 Å². The number of rotatable bonds is 12. The Labute approximate surface area is 247 Å². The average molecular weight is 617 g/mol. The minimum atomic E-state index is -0.538. The van der Waals surface area contributed by atoms with E-state index < -0.39 is 11.2 Å².